The lowest BCUT2D eigenvalue weighted by atomic mass is 9.95. The largest absolute Gasteiger partial charge is 0.452 e. The second-order valence-electron chi connectivity index (χ2n) is 7.32. The van der Waals surface area contributed by atoms with Crippen LogP contribution in [0.25, 0.3) is 0 Å². The monoisotopic (exact) mass is 392 g/mol. The molecule has 1 aromatic heterocycles. The van der Waals surface area contributed by atoms with Crippen molar-refractivity contribution in [3.63, 3.8) is 0 Å². The molecule has 1 aromatic rings. The molecule has 0 atom stereocenters. The van der Waals surface area contributed by atoms with E-state index in [2.05, 4.69) is 5.32 Å². The summed E-state index contributed by atoms with van der Waals surface area (Å²) in [5, 5.41) is 3.31. The molecule has 6 nitrogen and oxygen atoms in total. The van der Waals surface area contributed by atoms with Crippen LogP contribution in [0.1, 0.15) is 72.7 Å². The fourth-order valence-corrected chi connectivity index (χ4v) is 5.14. The number of carbonyl (C=O) groups excluding carboxylic acids is 3. The Balaban J connectivity index is 1.67. The predicted octanol–water partition coefficient (Wildman–Crippen LogP) is 3.53. The number of aryl methyl sites for hydroxylation is 1. The van der Waals surface area contributed by atoms with Crippen LogP contribution in [-0.4, -0.2) is 42.4 Å². The maximum Gasteiger partial charge on any atom is 0.341 e. The van der Waals surface area contributed by atoms with Crippen molar-refractivity contribution in [3.8, 4) is 0 Å². The highest BCUT2D eigenvalue weighted by Crippen LogP contribution is 2.38. The highest BCUT2D eigenvalue weighted by atomic mass is 32.1. The molecule has 3 rings (SSSR count). The smallest absolute Gasteiger partial charge is 0.341 e. The molecule has 27 heavy (non-hydrogen) atoms. The predicted molar refractivity (Wildman–Crippen MR) is 105 cm³/mol. The summed E-state index contributed by atoms with van der Waals surface area (Å²) >= 11 is 1.46. The van der Waals surface area contributed by atoms with Crippen molar-refractivity contribution >= 4 is 34.1 Å². The molecular formula is C20H28N2O4S. The van der Waals surface area contributed by atoms with Gasteiger partial charge in [-0.25, -0.2) is 4.79 Å². The zero-order valence-electron chi connectivity index (χ0n) is 16.0. The molecule has 148 valence electrons. The van der Waals surface area contributed by atoms with Gasteiger partial charge in [-0.2, -0.15) is 0 Å². The summed E-state index contributed by atoms with van der Waals surface area (Å²) in [6, 6.07) is 0. The van der Waals surface area contributed by atoms with Gasteiger partial charge in [0.05, 0.1) is 5.56 Å². The minimum Gasteiger partial charge on any atom is -0.452 e. The molecule has 2 heterocycles. The van der Waals surface area contributed by atoms with Crippen molar-refractivity contribution in [1.82, 2.24) is 4.90 Å². The normalized spacial score (nSPS) is 17.4. The van der Waals surface area contributed by atoms with Gasteiger partial charge in [0.25, 0.3) is 5.91 Å². The van der Waals surface area contributed by atoms with Crippen LogP contribution in [0.3, 0.4) is 0 Å². The number of ether oxygens (including phenoxy) is 1. The number of anilines is 1. The average Bonchev–Trinajstić information content (AvgIpc) is 2.96. The maximum atomic E-state index is 12.8. The van der Waals surface area contributed by atoms with Gasteiger partial charge in [0.15, 0.2) is 6.61 Å². The SMILES string of the molecule is CC(=O)Nc1sc2c(c1C(=O)OCC(=O)N1CCCCCCC1)CCCC2. The summed E-state index contributed by atoms with van der Waals surface area (Å²) in [7, 11) is 0. The fraction of sp³-hybridized carbons (Fsp3) is 0.650. The minimum absolute atomic E-state index is 0.129. The Kier molecular flexibility index (Phi) is 6.88. The zero-order valence-corrected chi connectivity index (χ0v) is 16.8. The lowest BCUT2D eigenvalue weighted by Crippen LogP contribution is -2.37. The van der Waals surface area contributed by atoms with Crippen molar-refractivity contribution in [2.75, 3.05) is 25.0 Å². The summed E-state index contributed by atoms with van der Waals surface area (Å²) < 4.78 is 5.39. The molecule has 0 aromatic carbocycles. The summed E-state index contributed by atoms with van der Waals surface area (Å²) in [6.07, 6.45) is 9.38. The molecule has 1 aliphatic carbocycles. The van der Waals surface area contributed by atoms with E-state index >= 15 is 0 Å². The molecule has 1 aliphatic heterocycles. The second-order valence-corrected chi connectivity index (χ2v) is 8.43. The topological polar surface area (TPSA) is 75.7 Å². The first-order valence-electron chi connectivity index (χ1n) is 9.93. The summed E-state index contributed by atoms with van der Waals surface area (Å²) in [5.41, 5.74) is 1.43. The molecule has 1 N–H and O–H groups in total. The molecule has 0 bridgehead atoms. The van der Waals surface area contributed by atoms with E-state index in [0.717, 1.165) is 74.9 Å². The average molecular weight is 393 g/mol. The van der Waals surface area contributed by atoms with Crippen molar-refractivity contribution in [3.05, 3.63) is 16.0 Å². The molecule has 0 saturated carbocycles. The Labute approximate surface area is 164 Å². The van der Waals surface area contributed by atoms with Gasteiger partial charge < -0.3 is 15.0 Å². The summed E-state index contributed by atoms with van der Waals surface area (Å²) in [5.74, 6) is -0.840. The third-order valence-electron chi connectivity index (χ3n) is 5.20. The molecule has 0 unspecified atom stereocenters. The van der Waals surface area contributed by atoms with Crippen molar-refractivity contribution in [1.29, 1.82) is 0 Å². The molecular weight excluding hydrogens is 364 g/mol. The highest BCUT2D eigenvalue weighted by Gasteiger charge is 2.28. The minimum atomic E-state index is -0.501. The Morgan fingerprint density at radius 1 is 1.00 bits per heavy atom. The first-order chi connectivity index (χ1) is 13.1. The van der Waals surface area contributed by atoms with Crippen molar-refractivity contribution in [2.45, 2.75) is 64.7 Å². The number of nitrogens with zero attached hydrogens (tertiary/aromatic N) is 1. The first kappa shape index (κ1) is 19.9. The van der Waals surface area contributed by atoms with E-state index in [0.29, 0.717) is 10.6 Å². The van der Waals surface area contributed by atoms with E-state index in [1.807, 2.05) is 4.90 Å². The number of fused-ring (bicyclic) bond motifs is 1. The molecule has 2 aliphatic rings. The van der Waals surface area contributed by atoms with Crippen LogP contribution in [0.2, 0.25) is 0 Å². The van der Waals surface area contributed by atoms with E-state index < -0.39 is 5.97 Å². The third kappa shape index (κ3) is 5.09. The van der Waals surface area contributed by atoms with E-state index in [-0.39, 0.29) is 18.4 Å². The number of esters is 1. The molecule has 2 amide bonds. The number of nitrogens with one attached hydrogen (secondary N) is 1. The van der Waals surface area contributed by atoms with Gasteiger partial charge in [0.1, 0.15) is 5.00 Å². The molecule has 0 radical (unpaired) electrons. The Bertz CT molecular complexity index is 705. The Morgan fingerprint density at radius 2 is 1.67 bits per heavy atom. The van der Waals surface area contributed by atoms with Crippen molar-refractivity contribution < 1.29 is 19.1 Å². The molecule has 7 heteroatoms. The van der Waals surface area contributed by atoms with Gasteiger partial charge in [0.2, 0.25) is 5.91 Å². The van der Waals surface area contributed by atoms with Crippen LogP contribution in [0.15, 0.2) is 0 Å². The Morgan fingerprint density at radius 3 is 2.37 bits per heavy atom. The summed E-state index contributed by atoms with van der Waals surface area (Å²) in [4.78, 5) is 39.7. The first-order valence-corrected chi connectivity index (χ1v) is 10.7. The highest BCUT2D eigenvalue weighted by molar-refractivity contribution is 7.17. The Hall–Kier alpha value is -1.89. The van der Waals surface area contributed by atoms with E-state index in [4.69, 9.17) is 4.74 Å². The van der Waals surface area contributed by atoms with Crippen LogP contribution >= 0.6 is 11.3 Å². The number of thiophene rings is 1. The van der Waals surface area contributed by atoms with Crippen LogP contribution < -0.4 is 5.32 Å². The number of likely N-dealkylation sites (tertiary alicyclic amines) is 1. The van der Waals surface area contributed by atoms with E-state index in [9.17, 15) is 14.4 Å². The van der Waals surface area contributed by atoms with Gasteiger partial charge in [-0.15, -0.1) is 11.3 Å². The summed E-state index contributed by atoms with van der Waals surface area (Å²) in [6.45, 7) is 2.67. The number of amides is 2. The van der Waals surface area contributed by atoms with Crippen molar-refractivity contribution in [2.24, 2.45) is 0 Å². The maximum absolute atomic E-state index is 12.8. The van der Waals surface area contributed by atoms with Gasteiger partial charge in [-0.1, -0.05) is 19.3 Å². The van der Waals surface area contributed by atoms with Gasteiger partial charge in [0, 0.05) is 24.9 Å². The van der Waals surface area contributed by atoms with Crippen LogP contribution in [-0.2, 0) is 27.2 Å². The number of carbonyl (C=O) groups is 3. The lowest BCUT2D eigenvalue weighted by Gasteiger charge is -2.24. The number of rotatable bonds is 4. The van der Waals surface area contributed by atoms with Gasteiger partial charge in [-0.05, 0) is 44.1 Å². The van der Waals surface area contributed by atoms with Gasteiger partial charge in [-0.3, -0.25) is 9.59 Å². The van der Waals surface area contributed by atoms with Crippen LogP contribution in [0, 0.1) is 0 Å². The standard InChI is InChI=1S/C20H28N2O4S/c1-14(23)21-19-18(15-9-5-6-10-16(15)27-19)20(25)26-13-17(24)22-11-7-3-2-4-8-12-22/h2-13H2,1H3,(H,21,23). The van der Waals surface area contributed by atoms with Crippen LogP contribution in [0.5, 0.6) is 0 Å². The number of hydrogen-bond acceptors (Lipinski definition) is 5. The van der Waals surface area contributed by atoms with E-state index in [1.165, 1.54) is 24.7 Å². The molecule has 1 saturated heterocycles. The van der Waals surface area contributed by atoms with E-state index in [1.54, 1.807) is 0 Å². The quantitative estimate of drug-likeness (QED) is 0.796. The molecule has 1 fully saturated rings. The van der Waals surface area contributed by atoms with Gasteiger partial charge >= 0.3 is 5.97 Å². The fourth-order valence-electron chi connectivity index (χ4n) is 3.82. The second kappa shape index (κ2) is 9.35. The third-order valence-corrected chi connectivity index (χ3v) is 6.41. The van der Waals surface area contributed by atoms with Crippen LogP contribution in [0.4, 0.5) is 5.00 Å². The lowest BCUT2D eigenvalue weighted by molar-refractivity contribution is -0.134. The number of hydrogen-bond donors (Lipinski definition) is 1. The zero-order chi connectivity index (χ0) is 19.2. The molecule has 0 spiro atoms.